The predicted molar refractivity (Wildman–Crippen MR) is 85.1 cm³/mol. The van der Waals surface area contributed by atoms with E-state index in [1.807, 2.05) is 11.8 Å². The van der Waals surface area contributed by atoms with Crippen LogP contribution in [0.25, 0.3) is 10.8 Å². The Hall–Kier alpha value is -1.74. The number of benzene rings is 2. The molecule has 0 aliphatic heterocycles. The molecule has 2 aromatic rings. The quantitative estimate of drug-likeness (QED) is 0.326. The fraction of sp³-hybridized carbons (Fsp3) is 0.235. The standard InChI is InChI=1S/C17H18O2S/c1-2-17(18)19-11-5-6-12-20-16-10-9-14-7-3-4-8-15(14)13-16/h2-4,7-10,13H,1,5-6,11-12H2. The molecule has 104 valence electrons. The van der Waals surface area contributed by atoms with E-state index in [0.717, 1.165) is 18.6 Å². The summed E-state index contributed by atoms with van der Waals surface area (Å²) in [5.41, 5.74) is 0. The molecule has 0 N–H and O–H groups in total. The number of unbranched alkanes of at least 4 members (excludes halogenated alkanes) is 1. The number of carbonyl (C=O) groups is 1. The summed E-state index contributed by atoms with van der Waals surface area (Å²) in [4.78, 5) is 12.1. The first kappa shape index (κ1) is 14.7. The third-order valence-electron chi connectivity index (χ3n) is 2.94. The Morgan fingerprint density at radius 2 is 1.95 bits per heavy atom. The minimum atomic E-state index is -0.341. The van der Waals surface area contributed by atoms with Gasteiger partial charge in [0.2, 0.25) is 0 Å². The van der Waals surface area contributed by atoms with E-state index in [0.29, 0.717) is 6.61 Å². The summed E-state index contributed by atoms with van der Waals surface area (Å²) in [5.74, 6) is 0.691. The number of hydrogen-bond donors (Lipinski definition) is 0. The first-order valence-corrected chi connectivity index (χ1v) is 7.69. The highest BCUT2D eigenvalue weighted by Gasteiger charge is 1.98. The number of fused-ring (bicyclic) bond motifs is 1. The Bertz CT molecular complexity index is 592. The summed E-state index contributed by atoms with van der Waals surface area (Å²) in [6.07, 6.45) is 3.12. The van der Waals surface area contributed by atoms with Crippen molar-refractivity contribution in [3.05, 3.63) is 55.1 Å². The molecule has 0 bridgehead atoms. The number of ether oxygens (including phenoxy) is 1. The van der Waals surface area contributed by atoms with Gasteiger partial charge in [0.1, 0.15) is 0 Å². The topological polar surface area (TPSA) is 26.3 Å². The SMILES string of the molecule is C=CC(=O)OCCCCSc1ccc2ccccc2c1. The first-order chi connectivity index (χ1) is 9.79. The van der Waals surface area contributed by atoms with E-state index in [9.17, 15) is 4.79 Å². The highest BCUT2D eigenvalue weighted by molar-refractivity contribution is 7.99. The predicted octanol–water partition coefficient (Wildman–Crippen LogP) is 4.44. The van der Waals surface area contributed by atoms with E-state index in [1.54, 1.807) is 0 Å². The molecule has 0 amide bonds. The molecule has 0 saturated heterocycles. The van der Waals surface area contributed by atoms with Crippen molar-refractivity contribution in [1.29, 1.82) is 0 Å². The minimum Gasteiger partial charge on any atom is -0.463 e. The Kier molecular flexibility index (Phi) is 5.69. The van der Waals surface area contributed by atoms with Crippen LogP contribution >= 0.6 is 11.8 Å². The van der Waals surface area contributed by atoms with Gasteiger partial charge < -0.3 is 4.74 Å². The molecule has 20 heavy (non-hydrogen) atoms. The van der Waals surface area contributed by atoms with Crippen LogP contribution in [0, 0.1) is 0 Å². The minimum absolute atomic E-state index is 0.341. The van der Waals surface area contributed by atoms with Crippen molar-refractivity contribution in [2.75, 3.05) is 12.4 Å². The molecule has 2 nitrogen and oxygen atoms in total. The van der Waals surface area contributed by atoms with E-state index < -0.39 is 0 Å². The van der Waals surface area contributed by atoms with Gasteiger partial charge in [-0.1, -0.05) is 36.9 Å². The lowest BCUT2D eigenvalue weighted by atomic mass is 10.1. The molecular weight excluding hydrogens is 268 g/mol. The molecule has 0 heterocycles. The van der Waals surface area contributed by atoms with Gasteiger partial charge in [0, 0.05) is 11.0 Å². The van der Waals surface area contributed by atoms with Gasteiger partial charge in [-0.15, -0.1) is 11.8 Å². The highest BCUT2D eigenvalue weighted by Crippen LogP contribution is 2.24. The van der Waals surface area contributed by atoms with Gasteiger partial charge in [-0.05, 0) is 41.5 Å². The zero-order valence-corrected chi connectivity index (χ0v) is 12.2. The van der Waals surface area contributed by atoms with Crippen molar-refractivity contribution in [1.82, 2.24) is 0 Å². The van der Waals surface area contributed by atoms with Crippen LogP contribution in [0.15, 0.2) is 60.0 Å². The Morgan fingerprint density at radius 1 is 1.15 bits per heavy atom. The Balaban J connectivity index is 1.73. The smallest absolute Gasteiger partial charge is 0.330 e. The molecule has 0 aromatic heterocycles. The number of hydrogen-bond acceptors (Lipinski definition) is 3. The zero-order valence-electron chi connectivity index (χ0n) is 11.4. The fourth-order valence-corrected chi connectivity index (χ4v) is 2.84. The van der Waals surface area contributed by atoms with Crippen LogP contribution in [0.1, 0.15) is 12.8 Å². The highest BCUT2D eigenvalue weighted by atomic mass is 32.2. The van der Waals surface area contributed by atoms with Crippen molar-refractivity contribution in [2.45, 2.75) is 17.7 Å². The van der Waals surface area contributed by atoms with Gasteiger partial charge in [0.05, 0.1) is 6.61 Å². The van der Waals surface area contributed by atoms with Gasteiger partial charge >= 0.3 is 5.97 Å². The molecule has 0 spiro atoms. The molecule has 0 unspecified atom stereocenters. The summed E-state index contributed by atoms with van der Waals surface area (Å²) in [7, 11) is 0. The maximum atomic E-state index is 10.8. The molecular formula is C17H18O2S. The molecule has 0 aliphatic carbocycles. The third kappa shape index (κ3) is 4.42. The number of esters is 1. The van der Waals surface area contributed by atoms with E-state index in [4.69, 9.17) is 4.74 Å². The molecule has 0 fully saturated rings. The van der Waals surface area contributed by atoms with Gasteiger partial charge in [-0.3, -0.25) is 0 Å². The lowest BCUT2D eigenvalue weighted by Crippen LogP contribution is -2.01. The van der Waals surface area contributed by atoms with Gasteiger partial charge in [-0.25, -0.2) is 4.79 Å². The molecule has 0 saturated carbocycles. The normalized spacial score (nSPS) is 10.4. The van der Waals surface area contributed by atoms with Crippen LogP contribution in [0.4, 0.5) is 0 Å². The van der Waals surface area contributed by atoms with Crippen molar-refractivity contribution in [3.63, 3.8) is 0 Å². The second-order valence-electron chi connectivity index (χ2n) is 4.44. The Labute approximate surface area is 123 Å². The van der Waals surface area contributed by atoms with Crippen molar-refractivity contribution >= 4 is 28.5 Å². The lowest BCUT2D eigenvalue weighted by molar-refractivity contribution is -0.137. The summed E-state index contributed by atoms with van der Waals surface area (Å²) in [5, 5.41) is 2.55. The maximum Gasteiger partial charge on any atom is 0.330 e. The van der Waals surface area contributed by atoms with Crippen molar-refractivity contribution in [2.24, 2.45) is 0 Å². The number of rotatable bonds is 7. The van der Waals surface area contributed by atoms with Crippen LogP contribution in [0.5, 0.6) is 0 Å². The van der Waals surface area contributed by atoms with Crippen LogP contribution < -0.4 is 0 Å². The number of thioether (sulfide) groups is 1. The second kappa shape index (κ2) is 7.75. The second-order valence-corrected chi connectivity index (χ2v) is 5.60. The monoisotopic (exact) mass is 286 g/mol. The van der Waals surface area contributed by atoms with E-state index in [1.165, 1.54) is 21.7 Å². The van der Waals surface area contributed by atoms with Crippen LogP contribution in [0.3, 0.4) is 0 Å². The van der Waals surface area contributed by atoms with Crippen LogP contribution in [0.2, 0.25) is 0 Å². The van der Waals surface area contributed by atoms with Crippen LogP contribution in [-0.4, -0.2) is 18.3 Å². The number of carbonyl (C=O) groups excluding carboxylic acids is 1. The summed E-state index contributed by atoms with van der Waals surface area (Å²) < 4.78 is 4.93. The fourth-order valence-electron chi connectivity index (χ4n) is 1.88. The summed E-state index contributed by atoms with van der Waals surface area (Å²) in [6.45, 7) is 3.84. The van der Waals surface area contributed by atoms with Crippen molar-refractivity contribution < 1.29 is 9.53 Å². The molecule has 0 aliphatic rings. The largest absolute Gasteiger partial charge is 0.463 e. The van der Waals surface area contributed by atoms with Crippen molar-refractivity contribution in [3.8, 4) is 0 Å². The van der Waals surface area contributed by atoms with E-state index >= 15 is 0 Å². The van der Waals surface area contributed by atoms with Crippen LogP contribution in [-0.2, 0) is 9.53 Å². The average molecular weight is 286 g/mol. The molecule has 2 rings (SSSR count). The van der Waals surface area contributed by atoms with Gasteiger partial charge in [0.15, 0.2) is 0 Å². The molecule has 2 aromatic carbocycles. The average Bonchev–Trinajstić information content (AvgIpc) is 2.50. The lowest BCUT2D eigenvalue weighted by Gasteiger charge is -2.04. The van der Waals surface area contributed by atoms with E-state index in [2.05, 4.69) is 49.0 Å². The summed E-state index contributed by atoms with van der Waals surface area (Å²) >= 11 is 1.84. The summed E-state index contributed by atoms with van der Waals surface area (Å²) in [6, 6.07) is 14.9. The zero-order chi connectivity index (χ0) is 14.2. The maximum absolute atomic E-state index is 10.8. The molecule has 0 atom stereocenters. The van der Waals surface area contributed by atoms with Gasteiger partial charge in [-0.2, -0.15) is 0 Å². The molecule has 0 radical (unpaired) electrons. The Morgan fingerprint density at radius 3 is 2.75 bits per heavy atom. The molecule has 3 heteroatoms. The third-order valence-corrected chi connectivity index (χ3v) is 4.02. The van der Waals surface area contributed by atoms with E-state index in [-0.39, 0.29) is 5.97 Å². The first-order valence-electron chi connectivity index (χ1n) is 6.70. The van der Waals surface area contributed by atoms with Gasteiger partial charge in [0.25, 0.3) is 0 Å².